The smallest absolute Gasteiger partial charge is 0.422 e. The molecule has 0 aromatic heterocycles. The quantitative estimate of drug-likeness (QED) is 0.426. The van der Waals surface area contributed by atoms with Gasteiger partial charge in [0, 0.05) is 13.7 Å². The first-order chi connectivity index (χ1) is 8.12. The van der Waals surface area contributed by atoms with Crippen LogP contribution >= 0.6 is 0 Å². The Labute approximate surface area is 103 Å². The minimum Gasteiger partial charge on any atom is -0.434 e. The van der Waals surface area contributed by atoms with Gasteiger partial charge in [-0.1, -0.05) is 0 Å². The molecular formula is C7H7F7OSi3. The lowest BCUT2D eigenvalue weighted by Crippen LogP contribution is -2.43. The highest BCUT2D eigenvalue weighted by molar-refractivity contribution is 7.32. The third kappa shape index (κ3) is 2.53. The van der Waals surface area contributed by atoms with Crippen LogP contribution in [-0.4, -0.2) is 31.7 Å². The first kappa shape index (κ1) is 15.4. The highest BCUT2D eigenvalue weighted by Crippen LogP contribution is 2.34. The predicted octanol–water partition coefficient (Wildman–Crippen LogP) is -0.869. The normalized spacial score (nSPS) is 14.7. The van der Waals surface area contributed by atoms with Crippen molar-refractivity contribution in [1.82, 2.24) is 0 Å². The molecule has 1 aromatic carbocycles. The monoisotopic (exact) mass is 324 g/mol. The van der Waals surface area contributed by atoms with Gasteiger partial charge >= 0.3 is 6.18 Å². The van der Waals surface area contributed by atoms with Crippen LogP contribution in [0.2, 0.25) is 0 Å². The Morgan fingerprint density at radius 2 is 1.33 bits per heavy atom. The van der Waals surface area contributed by atoms with Crippen molar-refractivity contribution in [3.8, 4) is 0 Å². The zero-order valence-corrected chi connectivity index (χ0v) is 13.4. The second kappa shape index (κ2) is 5.14. The molecule has 1 rings (SSSR count). The Kier molecular flexibility index (Phi) is 4.40. The standard InChI is InChI=1S/C7H7F7OSi3/c8-2-1(7(12,13)14)3(9)5(11)6(4(2)10)18(15)17-16/h15,18H,17H2,16H3. The topological polar surface area (TPSA) is 20.2 Å². The van der Waals surface area contributed by atoms with Crippen molar-refractivity contribution in [3.63, 3.8) is 0 Å². The van der Waals surface area contributed by atoms with Gasteiger partial charge in [0.1, 0.15) is 5.56 Å². The van der Waals surface area contributed by atoms with Crippen LogP contribution < -0.4 is 5.19 Å². The number of rotatable bonds is 2. The van der Waals surface area contributed by atoms with Crippen molar-refractivity contribution in [2.45, 2.75) is 6.18 Å². The van der Waals surface area contributed by atoms with Crippen molar-refractivity contribution in [3.05, 3.63) is 28.8 Å². The van der Waals surface area contributed by atoms with Crippen molar-refractivity contribution < 1.29 is 35.5 Å². The van der Waals surface area contributed by atoms with Crippen LogP contribution in [0, 0.1) is 23.3 Å². The van der Waals surface area contributed by atoms with E-state index < -0.39 is 57.3 Å². The molecule has 0 saturated carbocycles. The molecule has 102 valence electrons. The summed E-state index contributed by atoms with van der Waals surface area (Å²) in [4.78, 5) is 9.37. The van der Waals surface area contributed by atoms with E-state index in [0.29, 0.717) is 9.76 Å². The number of hydrogen-bond acceptors (Lipinski definition) is 1. The lowest BCUT2D eigenvalue weighted by molar-refractivity contribution is -0.143. The van der Waals surface area contributed by atoms with Crippen LogP contribution in [0.4, 0.5) is 30.7 Å². The summed E-state index contributed by atoms with van der Waals surface area (Å²) in [5.41, 5.74) is -2.60. The summed E-state index contributed by atoms with van der Waals surface area (Å²) in [6.45, 7) is 0. The average Bonchev–Trinajstić information content (AvgIpc) is 2.24. The van der Waals surface area contributed by atoms with E-state index in [0.717, 1.165) is 0 Å². The van der Waals surface area contributed by atoms with Gasteiger partial charge in [0.15, 0.2) is 31.8 Å². The fraction of sp³-hybridized carbons (Fsp3) is 0.143. The van der Waals surface area contributed by atoms with Crippen LogP contribution in [0.15, 0.2) is 0 Å². The van der Waals surface area contributed by atoms with Crippen LogP contribution in [0.5, 0.6) is 0 Å². The van der Waals surface area contributed by atoms with Crippen LogP contribution in [-0.2, 0) is 6.18 Å². The molecule has 0 bridgehead atoms. The molecule has 0 saturated heterocycles. The zero-order chi connectivity index (χ0) is 14.2. The van der Waals surface area contributed by atoms with Crippen molar-refractivity contribution in [2.24, 2.45) is 0 Å². The van der Waals surface area contributed by atoms with Crippen molar-refractivity contribution >= 4 is 32.1 Å². The third-order valence-corrected chi connectivity index (χ3v) is 14.8. The molecule has 1 nitrogen and oxygen atoms in total. The van der Waals surface area contributed by atoms with E-state index in [-0.39, 0.29) is 0 Å². The van der Waals surface area contributed by atoms with E-state index in [2.05, 4.69) is 0 Å². The molecule has 1 atom stereocenters. The molecule has 0 aliphatic carbocycles. The van der Waals surface area contributed by atoms with Gasteiger partial charge in [0.25, 0.3) is 0 Å². The van der Waals surface area contributed by atoms with E-state index in [1.165, 1.54) is 0 Å². The zero-order valence-electron chi connectivity index (χ0n) is 8.88. The van der Waals surface area contributed by atoms with E-state index >= 15 is 0 Å². The highest BCUT2D eigenvalue weighted by Gasteiger charge is 2.43. The Bertz CT molecular complexity index is 446. The maximum atomic E-state index is 13.3. The predicted molar refractivity (Wildman–Crippen MR) is 58.8 cm³/mol. The summed E-state index contributed by atoms with van der Waals surface area (Å²) >= 11 is 0. The number of halogens is 7. The summed E-state index contributed by atoms with van der Waals surface area (Å²) in [6, 6.07) is 0. The summed E-state index contributed by atoms with van der Waals surface area (Å²) < 4.78 is 89.6. The lowest BCUT2D eigenvalue weighted by Gasteiger charge is -2.15. The van der Waals surface area contributed by atoms with Crippen molar-refractivity contribution in [2.75, 3.05) is 0 Å². The molecular weight excluding hydrogens is 317 g/mol. The Morgan fingerprint density at radius 1 is 0.944 bits per heavy atom. The maximum Gasteiger partial charge on any atom is 0.422 e. The average molecular weight is 324 g/mol. The van der Waals surface area contributed by atoms with E-state index in [1.807, 2.05) is 0 Å². The summed E-state index contributed by atoms with van der Waals surface area (Å²) in [7, 11) is -3.95. The van der Waals surface area contributed by atoms with Gasteiger partial charge in [-0.25, -0.2) is 17.6 Å². The Hall–Kier alpha value is -0.659. The second-order valence-corrected chi connectivity index (χ2v) is 18.0. The molecule has 0 aliphatic heterocycles. The van der Waals surface area contributed by atoms with Crippen LogP contribution in [0.3, 0.4) is 0 Å². The van der Waals surface area contributed by atoms with E-state index in [1.54, 1.807) is 0 Å². The second-order valence-electron chi connectivity index (χ2n) is 3.47. The largest absolute Gasteiger partial charge is 0.434 e. The minimum absolute atomic E-state index is 0.439. The first-order valence-corrected chi connectivity index (χ1v) is 14.8. The van der Waals surface area contributed by atoms with E-state index in [4.69, 9.17) is 0 Å². The molecule has 0 fully saturated rings. The van der Waals surface area contributed by atoms with Gasteiger partial charge < -0.3 is 4.80 Å². The van der Waals surface area contributed by atoms with Gasteiger partial charge in [-0.3, -0.25) is 0 Å². The fourth-order valence-electron chi connectivity index (χ4n) is 1.39. The molecule has 0 heterocycles. The maximum absolute atomic E-state index is 13.3. The Morgan fingerprint density at radius 3 is 1.61 bits per heavy atom. The molecule has 1 aromatic rings. The number of benzene rings is 1. The lowest BCUT2D eigenvalue weighted by atomic mass is 10.1. The van der Waals surface area contributed by atoms with E-state index in [9.17, 15) is 35.5 Å². The molecule has 0 radical (unpaired) electrons. The minimum atomic E-state index is -5.54. The van der Waals surface area contributed by atoms with Crippen LogP contribution in [0.1, 0.15) is 5.56 Å². The van der Waals surface area contributed by atoms with Gasteiger partial charge in [0.2, 0.25) is 0 Å². The fourth-order valence-corrected chi connectivity index (χ4v) is 8.62. The van der Waals surface area contributed by atoms with Crippen LogP contribution in [0.25, 0.3) is 0 Å². The van der Waals surface area contributed by atoms with Crippen molar-refractivity contribution in [1.29, 1.82) is 0 Å². The molecule has 11 heteroatoms. The first-order valence-electron chi connectivity index (χ1n) is 4.74. The summed E-state index contributed by atoms with van der Waals surface area (Å²) in [5.74, 6) is -9.23. The molecule has 0 amide bonds. The van der Waals surface area contributed by atoms with Gasteiger partial charge in [-0.2, -0.15) is 13.2 Å². The van der Waals surface area contributed by atoms with Gasteiger partial charge in [-0.15, -0.1) is 0 Å². The third-order valence-electron chi connectivity index (χ3n) is 2.30. The highest BCUT2D eigenvalue weighted by atomic mass is 29.5. The molecule has 1 unspecified atom stereocenters. The summed E-state index contributed by atoms with van der Waals surface area (Å²) in [5, 5.41) is -1.21. The number of hydrogen-bond donors (Lipinski definition) is 1. The Balaban J connectivity index is 3.67. The SMILES string of the molecule is O[SiH]([SiH2][SiH3])c1c(F)c(F)c(C(F)(F)F)c(F)c1F. The molecule has 0 spiro atoms. The van der Waals surface area contributed by atoms with Gasteiger partial charge in [-0.05, 0) is 9.76 Å². The number of alkyl halides is 3. The molecule has 18 heavy (non-hydrogen) atoms. The summed E-state index contributed by atoms with van der Waals surface area (Å²) in [6.07, 6.45) is -5.54. The molecule has 1 N–H and O–H groups in total. The molecule has 0 aliphatic rings. The van der Waals surface area contributed by atoms with Gasteiger partial charge in [0.05, 0.1) is 0 Å².